The van der Waals surface area contributed by atoms with Gasteiger partial charge in [0.2, 0.25) is 0 Å². The fourth-order valence-electron chi connectivity index (χ4n) is 4.84. The molecule has 1 amide bonds. The maximum atomic E-state index is 13.4. The number of aromatic nitrogens is 2. The minimum Gasteiger partial charge on any atom is -0.505 e. The van der Waals surface area contributed by atoms with Crippen molar-refractivity contribution in [3.63, 3.8) is 0 Å². The molecule has 0 unspecified atom stereocenters. The lowest BCUT2D eigenvalue weighted by Crippen LogP contribution is -2.41. The number of anilines is 3. The number of phenolic OH excluding ortho intramolecular Hbond substituents is 1. The second-order valence-electron chi connectivity index (χ2n) is 9.49. The zero-order valence-corrected chi connectivity index (χ0v) is 21.1. The molecule has 36 heavy (non-hydrogen) atoms. The highest BCUT2D eigenvalue weighted by molar-refractivity contribution is 5.98. The Morgan fingerprint density at radius 2 is 1.56 bits per heavy atom. The van der Waals surface area contributed by atoms with E-state index in [-0.39, 0.29) is 51.8 Å². The van der Waals surface area contributed by atoms with Gasteiger partial charge in [-0.2, -0.15) is 0 Å². The zero-order chi connectivity index (χ0) is 26.0. The van der Waals surface area contributed by atoms with Crippen molar-refractivity contribution < 1.29 is 9.90 Å². The summed E-state index contributed by atoms with van der Waals surface area (Å²) < 4.78 is 2.49. The Labute approximate surface area is 210 Å². The highest BCUT2D eigenvalue weighted by Crippen LogP contribution is 2.36. The van der Waals surface area contributed by atoms with Gasteiger partial charge in [-0.1, -0.05) is 49.2 Å². The van der Waals surface area contributed by atoms with Crippen LogP contribution in [0.4, 0.5) is 17.1 Å². The molecular formula is C27H33N5O4. The van der Waals surface area contributed by atoms with Crippen LogP contribution in [0.15, 0.2) is 58.1 Å². The van der Waals surface area contributed by atoms with Crippen LogP contribution >= 0.6 is 0 Å². The van der Waals surface area contributed by atoms with Crippen molar-refractivity contribution in [3.05, 3.63) is 80.4 Å². The van der Waals surface area contributed by atoms with Crippen LogP contribution in [0.1, 0.15) is 47.5 Å². The van der Waals surface area contributed by atoms with Gasteiger partial charge in [0.15, 0.2) is 5.75 Å². The fraction of sp³-hybridized carbons (Fsp3) is 0.370. The zero-order valence-electron chi connectivity index (χ0n) is 21.1. The van der Waals surface area contributed by atoms with Crippen molar-refractivity contribution in [3.8, 4) is 5.75 Å². The van der Waals surface area contributed by atoms with Gasteiger partial charge in [0.05, 0.1) is 11.3 Å². The first kappa shape index (κ1) is 25.1. The van der Waals surface area contributed by atoms with Gasteiger partial charge >= 0.3 is 0 Å². The molecule has 0 spiro atoms. The topological polar surface area (TPSA) is 109 Å². The van der Waals surface area contributed by atoms with Gasteiger partial charge in [0.1, 0.15) is 11.4 Å². The predicted molar refractivity (Wildman–Crippen MR) is 141 cm³/mol. The number of hydrogen-bond acceptors (Lipinski definition) is 6. The average Bonchev–Trinajstić information content (AvgIpc) is 2.89. The lowest BCUT2D eigenvalue weighted by molar-refractivity contribution is 0.0824. The molecule has 190 valence electrons. The molecule has 9 nitrogen and oxygen atoms in total. The highest BCUT2D eigenvalue weighted by atomic mass is 16.3. The number of carbonyl (C=O) groups is 1. The quantitative estimate of drug-likeness (QED) is 0.456. The number of para-hydroxylation sites is 1. The van der Waals surface area contributed by atoms with Gasteiger partial charge in [-0.05, 0) is 30.5 Å². The van der Waals surface area contributed by atoms with E-state index in [4.69, 9.17) is 0 Å². The summed E-state index contributed by atoms with van der Waals surface area (Å²) >= 11 is 0. The Morgan fingerprint density at radius 3 is 2.22 bits per heavy atom. The number of carbonyl (C=O) groups excluding carboxylic acids is 1. The molecule has 1 aliphatic rings. The minimum atomic E-state index is -0.435. The summed E-state index contributed by atoms with van der Waals surface area (Å²) in [7, 11) is 6.24. The van der Waals surface area contributed by atoms with E-state index in [0.717, 1.165) is 25.7 Å². The second kappa shape index (κ2) is 10.3. The average molecular weight is 492 g/mol. The molecule has 2 atom stereocenters. The summed E-state index contributed by atoms with van der Waals surface area (Å²) in [4.78, 5) is 40.6. The number of benzene rings is 2. The van der Waals surface area contributed by atoms with E-state index < -0.39 is 5.56 Å². The molecule has 0 radical (unpaired) electrons. The van der Waals surface area contributed by atoms with Gasteiger partial charge in [-0.3, -0.25) is 14.4 Å². The molecule has 1 heterocycles. The van der Waals surface area contributed by atoms with Gasteiger partial charge in [-0.25, -0.2) is 9.36 Å². The van der Waals surface area contributed by atoms with Gasteiger partial charge < -0.3 is 20.6 Å². The molecule has 0 aliphatic heterocycles. The number of nitrogens with one attached hydrogen (secondary N) is 2. The molecule has 0 bridgehead atoms. The number of rotatable bonds is 6. The number of aromatic hydroxyl groups is 1. The van der Waals surface area contributed by atoms with E-state index in [0.29, 0.717) is 0 Å². The molecule has 1 aliphatic carbocycles. The van der Waals surface area contributed by atoms with Crippen molar-refractivity contribution in [1.29, 1.82) is 0 Å². The van der Waals surface area contributed by atoms with Crippen LogP contribution in [0.5, 0.6) is 5.75 Å². The summed E-state index contributed by atoms with van der Waals surface area (Å²) in [5.74, 6) is -0.472. The first-order valence-corrected chi connectivity index (χ1v) is 12.1. The smallest absolute Gasteiger partial charge is 0.290 e. The Kier molecular flexibility index (Phi) is 7.19. The third-order valence-corrected chi connectivity index (χ3v) is 6.97. The molecule has 0 saturated heterocycles. The van der Waals surface area contributed by atoms with Crippen molar-refractivity contribution in [2.45, 2.75) is 37.6 Å². The Bertz CT molecular complexity index is 1380. The van der Waals surface area contributed by atoms with Crippen LogP contribution in [-0.4, -0.2) is 45.4 Å². The van der Waals surface area contributed by atoms with E-state index in [9.17, 15) is 19.5 Å². The van der Waals surface area contributed by atoms with Crippen molar-refractivity contribution in [2.75, 3.05) is 24.7 Å². The first-order valence-electron chi connectivity index (χ1n) is 12.1. The largest absolute Gasteiger partial charge is 0.505 e. The number of phenols is 1. The van der Waals surface area contributed by atoms with E-state index in [1.807, 2.05) is 18.2 Å². The fourth-order valence-corrected chi connectivity index (χ4v) is 4.84. The Hall–Kier alpha value is -4.01. The third kappa shape index (κ3) is 4.73. The lowest BCUT2D eigenvalue weighted by atomic mass is 9.80. The van der Waals surface area contributed by atoms with Gasteiger partial charge in [0, 0.05) is 40.2 Å². The number of nitrogens with zero attached hydrogens (tertiary/aromatic N) is 3. The van der Waals surface area contributed by atoms with Crippen molar-refractivity contribution in [1.82, 2.24) is 14.3 Å². The van der Waals surface area contributed by atoms with Crippen LogP contribution in [-0.2, 0) is 14.1 Å². The number of hydrogen-bond donors (Lipinski definition) is 3. The molecule has 9 heteroatoms. The molecule has 3 N–H and O–H groups in total. The van der Waals surface area contributed by atoms with Crippen molar-refractivity contribution in [2.24, 2.45) is 14.1 Å². The SMILES string of the molecule is CN(C)C(=O)c1cccc(Nc2c(N[C@@H]3CCCC[C@H]3c3ccccc3)c(=O)n(C)n(C)c2=O)c1O. The second-order valence-corrected chi connectivity index (χ2v) is 9.49. The molecule has 1 saturated carbocycles. The van der Waals surface area contributed by atoms with Crippen LogP contribution in [0, 0.1) is 0 Å². The molecule has 3 aromatic rings. The third-order valence-electron chi connectivity index (χ3n) is 6.97. The van der Waals surface area contributed by atoms with Gasteiger partial charge in [-0.15, -0.1) is 0 Å². The Balaban J connectivity index is 1.78. The number of amides is 1. The molecule has 1 aromatic heterocycles. The van der Waals surface area contributed by atoms with E-state index in [1.54, 1.807) is 33.3 Å². The first-order chi connectivity index (χ1) is 17.2. The Morgan fingerprint density at radius 1 is 0.917 bits per heavy atom. The lowest BCUT2D eigenvalue weighted by Gasteiger charge is -2.33. The van der Waals surface area contributed by atoms with E-state index in [2.05, 4.69) is 22.8 Å². The van der Waals surface area contributed by atoms with Crippen LogP contribution < -0.4 is 21.8 Å². The van der Waals surface area contributed by atoms with Crippen molar-refractivity contribution >= 4 is 23.0 Å². The molecule has 2 aromatic carbocycles. The van der Waals surface area contributed by atoms with Crippen LogP contribution in [0.3, 0.4) is 0 Å². The summed E-state index contributed by atoms with van der Waals surface area (Å²) in [5, 5.41) is 17.2. The predicted octanol–water partition coefficient (Wildman–Crippen LogP) is 3.37. The van der Waals surface area contributed by atoms with Gasteiger partial charge in [0.25, 0.3) is 17.0 Å². The molecule has 4 rings (SSSR count). The minimum absolute atomic E-state index is 0.0303. The van der Waals surface area contributed by atoms with Crippen LogP contribution in [0.2, 0.25) is 0 Å². The maximum absolute atomic E-state index is 13.4. The monoisotopic (exact) mass is 491 g/mol. The highest BCUT2D eigenvalue weighted by Gasteiger charge is 2.29. The molecule has 1 fully saturated rings. The maximum Gasteiger partial charge on any atom is 0.290 e. The standard InChI is InChI=1S/C27H33N5O4/c1-30(2)25(34)19-14-10-16-21(24(19)33)29-23-22(26(35)31(3)32(4)27(23)36)28-20-15-9-8-13-18(20)17-11-6-5-7-12-17/h5-7,10-12,14,16,18,20,28-29,33H,8-9,13,15H2,1-4H3/t18-,20+/m0/s1. The summed E-state index contributed by atoms with van der Waals surface area (Å²) in [6, 6.07) is 14.8. The summed E-state index contributed by atoms with van der Waals surface area (Å²) in [6.07, 6.45) is 3.95. The van der Waals surface area contributed by atoms with E-state index >= 15 is 0 Å². The molecular weight excluding hydrogens is 458 g/mol. The van der Waals surface area contributed by atoms with Crippen LogP contribution in [0.25, 0.3) is 0 Å². The normalized spacial score (nSPS) is 17.4. The summed E-state index contributed by atoms with van der Waals surface area (Å²) in [5.41, 5.74) is 0.834. The van der Waals surface area contributed by atoms with E-state index in [1.165, 1.54) is 32.9 Å². The summed E-state index contributed by atoms with van der Waals surface area (Å²) in [6.45, 7) is 0.